The third-order valence-corrected chi connectivity index (χ3v) is 3.47. The fraction of sp³-hybridized carbons (Fsp3) is 0.615. The Kier molecular flexibility index (Phi) is 4.43. The van der Waals surface area contributed by atoms with Crippen molar-refractivity contribution in [2.45, 2.75) is 31.9 Å². The number of nitrogens with zero attached hydrogens (tertiary/aromatic N) is 3. The van der Waals surface area contributed by atoms with Gasteiger partial charge in [0.25, 0.3) is 0 Å². The highest BCUT2D eigenvalue weighted by molar-refractivity contribution is 6.32. The van der Waals surface area contributed by atoms with E-state index in [2.05, 4.69) is 10.00 Å². The zero-order valence-electron chi connectivity index (χ0n) is 10.9. The number of hydrogen-bond donors (Lipinski definition) is 1. The number of allylic oxidation sites excluding steroid dienone is 1. The minimum atomic E-state index is -0.345. The maximum atomic E-state index is 9.72. The number of halogens is 1. The first-order valence-electron chi connectivity index (χ1n) is 6.33. The van der Waals surface area contributed by atoms with Gasteiger partial charge in [-0.15, -0.1) is 0 Å². The molecule has 1 unspecified atom stereocenters. The summed E-state index contributed by atoms with van der Waals surface area (Å²) in [5.74, 6) is 0. The summed E-state index contributed by atoms with van der Waals surface area (Å²) < 4.78 is 1.94. The second-order valence-corrected chi connectivity index (χ2v) is 5.43. The molecule has 100 valence electrons. The Bertz CT molecular complexity index is 439. The van der Waals surface area contributed by atoms with Gasteiger partial charge in [-0.25, -0.2) is 0 Å². The molecule has 1 aromatic rings. The van der Waals surface area contributed by atoms with E-state index in [0.29, 0.717) is 5.02 Å². The normalized spacial score (nSPS) is 20.3. The molecule has 1 heterocycles. The molecule has 0 spiro atoms. The molecule has 0 saturated heterocycles. The van der Waals surface area contributed by atoms with Crippen molar-refractivity contribution in [1.82, 2.24) is 14.7 Å². The van der Waals surface area contributed by atoms with Crippen molar-refractivity contribution in [2.24, 2.45) is 0 Å². The molecule has 1 aromatic heterocycles. The van der Waals surface area contributed by atoms with Crippen molar-refractivity contribution in [1.29, 1.82) is 0 Å². The van der Waals surface area contributed by atoms with Crippen molar-refractivity contribution in [2.75, 3.05) is 20.6 Å². The molecular formula is C13H20ClN3O. The zero-order valence-corrected chi connectivity index (χ0v) is 11.7. The van der Waals surface area contributed by atoms with E-state index in [1.54, 1.807) is 6.20 Å². The Balaban J connectivity index is 2.23. The van der Waals surface area contributed by atoms with E-state index in [4.69, 9.17) is 11.6 Å². The van der Waals surface area contributed by atoms with E-state index in [0.717, 1.165) is 43.6 Å². The van der Waals surface area contributed by atoms with Crippen molar-refractivity contribution in [3.05, 3.63) is 23.0 Å². The molecule has 18 heavy (non-hydrogen) atoms. The van der Waals surface area contributed by atoms with Crippen LogP contribution in [0.1, 0.15) is 25.0 Å². The van der Waals surface area contributed by atoms with Crippen LogP contribution >= 0.6 is 11.6 Å². The predicted octanol–water partition coefficient (Wildman–Crippen LogP) is 2.03. The van der Waals surface area contributed by atoms with E-state index in [-0.39, 0.29) is 6.10 Å². The topological polar surface area (TPSA) is 41.3 Å². The van der Waals surface area contributed by atoms with E-state index in [1.807, 2.05) is 24.9 Å². The maximum Gasteiger partial charge on any atom is 0.0862 e. The molecule has 0 bridgehead atoms. The summed E-state index contributed by atoms with van der Waals surface area (Å²) in [6.45, 7) is 1.73. The molecule has 4 nitrogen and oxygen atoms in total. The molecule has 1 N–H and O–H groups in total. The first kappa shape index (κ1) is 13.6. The largest absolute Gasteiger partial charge is 0.389 e. The van der Waals surface area contributed by atoms with Crippen LogP contribution in [0.25, 0.3) is 5.57 Å². The SMILES string of the molecule is CN(C)CCn1ncc(Cl)c1C1=CC(O)CCC1. The summed E-state index contributed by atoms with van der Waals surface area (Å²) in [4.78, 5) is 2.11. The van der Waals surface area contributed by atoms with Crippen LogP contribution in [-0.4, -0.2) is 46.5 Å². The highest BCUT2D eigenvalue weighted by Crippen LogP contribution is 2.31. The van der Waals surface area contributed by atoms with Gasteiger partial charge in [0.2, 0.25) is 0 Å². The first-order valence-corrected chi connectivity index (χ1v) is 6.71. The molecule has 1 aliphatic carbocycles. The number of aliphatic hydroxyl groups is 1. The van der Waals surface area contributed by atoms with E-state index < -0.39 is 0 Å². The van der Waals surface area contributed by atoms with E-state index >= 15 is 0 Å². The van der Waals surface area contributed by atoms with E-state index in [9.17, 15) is 5.11 Å². The van der Waals surface area contributed by atoms with E-state index in [1.165, 1.54) is 0 Å². The summed E-state index contributed by atoms with van der Waals surface area (Å²) in [5.41, 5.74) is 2.09. The van der Waals surface area contributed by atoms with Crippen LogP contribution < -0.4 is 0 Å². The zero-order chi connectivity index (χ0) is 13.1. The molecule has 0 fully saturated rings. The Hall–Kier alpha value is -0.840. The van der Waals surface area contributed by atoms with Crippen LogP contribution in [0.4, 0.5) is 0 Å². The quantitative estimate of drug-likeness (QED) is 0.909. The van der Waals surface area contributed by atoms with Crippen LogP contribution in [-0.2, 0) is 6.54 Å². The molecule has 0 aromatic carbocycles. The van der Waals surface area contributed by atoms with Crippen LogP contribution in [0, 0.1) is 0 Å². The summed E-state index contributed by atoms with van der Waals surface area (Å²) in [6, 6.07) is 0. The number of likely N-dealkylation sites (N-methyl/N-ethyl adjacent to an activating group) is 1. The second kappa shape index (κ2) is 5.87. The summed E-state index contributed by atoms with van der Waals surface area (Å²) >= 11 is 6.22. The maximum absolute atomic E-state index is 9.72. The van der Waals surface area contributed by atoms with Crippen molar-refractivity contribution < 1.29 is 5.11 Å². The van der Waals surface area contributed by atoms with Crippen LogP contribution in [0.3, 0.4) is 0 Å². The minimum Gasteiger partial charge on any atom is -0.389 e. The number of rotatable bonds is 4. The third-order valence-electron chi connectivity index (χ3n) is 3.20. The van der Waals surface area contributed by atoms with Crippen molar-refractivity contribution in [3.8, 4) is 0 Å². The van der Waals surface area contributed by atoms with Gasteiger partial charge >= 0.3 is 0 Å². The molecule has 1 atom stereocenters. The lowest BCUT2D eigenvalue weighted by Crippen LogP contribution is -2.20. The number of aromatic nitrogens is 2. The lowest BCUT2D eigenvalue weighted by atomic mass is 9.95. The molecule has 0 amide bonds. The van der Waals surface area contributed by atoms with Gasteiger partial charge < -0.3 is 10.0 Å². The Morgan fingerprint density at radius 3 is 3.00 bits per heavy atom. The Morgan fingerprint density at radius 1 is 1.56 bits per heavy atom. The van der Waals surface area contributed by atoms with Crippen LogP contribution in [0.5, 0.6) is 0 Å². The molecule has 1 aliphatic rings. The molecular weight excluding hydrogens is 250 g/mol. The average Bonchev–Trinajstić information content (AvgIpc) is 2.68. The average molecular weight is 270 g/mol. The van der Waals surface area contributed by atoms with Crippen LogP contribution in [0.15, 0.2) is 12.3 Å². The summed E-state index contributed by atoms with van der Waals surface area (Å²) in [7, 11) is 4.07. The molecule has 0 saturated carbocycles. The predicted molar refractivity (Wildman–Crippen MR) is 73.6 cm³/mol. The number of aliphatic hydroxyl groups excluding tert-OH is 1. The summed E-state index contributed by atoms with van der Waals surface area (Å²) in [5, 5.41) is 14.7. The van der Waals surface area contributed by atoms with Gasteiger partial charge in [-0.2, -0.15) is 5.10 Å². The van der Waals surface area contributed by atoms with Crippen molar-refractivity contribution in [3.63, 3.8) is 0 Å². The van der Waals surface area contributed by atoms with Gasteiger partial charge in [0.05, 0.1) is 29.6 Å². The molecule has 5 heteroatoms. The summed E-state index contributed by atoms with van der Waals surface area (Å²) in [6.07, 6.45) is 6.06. The van der Waals surface area contributed by atoms with Gasteiger partial charge in [0.15, 0.2) is 0 Å². The lowest BCUT2D eigenvalue weighted by molar-refractivity contribution is 0.206. The highest BCUT2D eigenvalue weighted by Gasteiger charge is 2.18. The molecule has 2 rings (SSSR count). The minimum absolute atomic E-state index is 0.345. The van der Waals surface area contributed by atoms with Gasteiger partial charge in [-0.1, -0.05) is 17.7 Å². The fourth-order valence-corrected chi connectivity index (χ4v) is 2.51. The standard InChI is InChI=1S/C13H20ClN3O/c1-16(2)6-7-17-13(12(14)9-15-17)10-4-3-5-11(18)8-10/h8-9,11,18H,3-7H2,1-2H3. The fourth-order valence-electron chi connectivity index (χ4n) is 2.24. The Morgan fingerprint density at radius 2 is 2.33 bits per heavy atom. The smallest absolute Gasteiger partial charge is 0.0862 e. The van der Waals surface area contributed by atoms with Gasteiger partial charge in [-0.3, -0.25) is 4.68 Å². The van der Waals surface area contributed by atoms with Gasteiger partial charge in [0, 0.05) is 6.54 Å². The molecule has 0 radical (unpaired) electrons. The Labute approximate surface area is 113 Å². The van der Waals surface area contributed by atoms with Crippen molar-refractivity contribution >= 4 is 17.2 Å². The van der Waals surface area contributed by atoms with Gasteiger partial charge in [0.1, 0.15) is 0 Å². The molecule has 0 aliphatic heterocycles. The highest BCUT2D eigenvalue weighted by atomic mass is 35.5. The number of hydrogen-bond acceptors (Lipinski definition) is 3. The lowest BCUT2D eigenvalue weighted by Gasteiger charge is -2.19. The van der Waals surface area contributed by atoms with Crippen LogP contribution in [0.2, 0.25) is 5.02 Å². The first-order chi connectivity index (χ1) is 8.58. The van der Waals surface area contributed by atoms with Gasteiger partial charge in [-0.05, 0) is 38.9 Å². The third kappa shape index (κ3) is 3.13. The monoisotopic (exact) mass is 269 g/mol. The second-order valence-electron chi connectivity index (χ2n) is 5.02.